The average Bonchev–Trinajstić information content (AvgIpc) is 2.88. The van der Waals surface area contributed by atoms with Crippen molar-refractivity contribution in [2.45, 2.75) is 106 Å². The summed E-state index contributed by atoms with van der Waals surface area (Å²) in [5.74, 6) is 0.226. The first-order valence-corrected chi connectivity index (χ1v) is 14.8. The lowest BCUT2D eigenvalue weighted by atomic mass is 9.52. The van der Waals surface area contributed by atoms with E-state index in [1.54, 1.807) is 0 Å². The van der Waals surface area contributed by atoms with E-state index in [0.29, 0.717) is 37.9 Å². The van der Waals surface area contributed by atoms with E-state index < -0.39 is 0 Å². The number of carbonyl (C=O) groups is 4. The van der Waals surface area contributed by atoms with Crippen LogP contribution in [0.5, 0.6) is 0 Å². The second kappa shape index (κ2) is 13.7. The number of hydrogen-bond donors (Lipinski definition) is 2. The van der Waals surface area contributed by atoms with Crippen molar-refractivity contribution in [1.29, 1.82) is 0 Å². The third-order valence-corrected chi connectivity index (χ3v) is 9.69. The maximum atomic E-state index is 12.3. The van der Waals surface area contributed by atoms with Crippen LogP contribution in [0.4, 0.5) is 0 Å². The smallest absolute Gasteiger partial charge is 0.305 e. The second-order valence-electron chi connectivity index (χ2n) is 12.9. The highest BCUT2D eigenvalue weighted by Gasteiger charge is 2.49. The summed E-state index contributed by atoms with van der Waals surface area (Å²) in [6.45, 7) is 13.2. The highest BCUT2D eigenvalue weighted by molar-refractivity contribution is 5.88. The summed E-state index contributed by atoms with van der Waals surface area (Å²) < 4.78 is 10.9. The largest absolute Gasteiger partial charge is 0.466 e. The molecule has 6 aliphatic rings. The maximum Gasteiger partial charge on any atom is 0.305 e. The Morgan fingerprint density at radius 3 is 1.40 bits per heavy atom. The van der Waals surface area contributed by atoms with E-state index >= 15 is 0 Å². The Labute approximate surface area is 238 Å². The van der Waals surface area contributed by atoms with E-state index in [1.807, 2.05) is 13.8 Å². The highest BCUT2D eigenvalue weighted by atomic mass is 16.5. The van der Waals surface area contributed by atoms with Gasteiger partial charge in [0, 0.05) is 48.9 Å². The normalized spacial score (nSPS) is 33.9. The molecule has 4 heterocycles. The van der Waals surface area contributed by atoms with Gasteiger partial charge in [0.15, 0.2) is 0 Å². The standard InChI is InChI=1S/C30H48N4O6/c1-19-23-17-21(29(23,3)4)13-15-39-27(37)11-8-12-28(38)40-16-14-22-18-24(30(22,5)6)20(2)32-34-26(36)10-7-9-25(35)33-31-19/h21-24H,7-18H2,1-6H3,(H,33,35)(H,34,36)/b31-19-,32-20-/t21-,22+,23-,24+. The van der Waals surface area contributed by atoms with Crippen molar-refractivity contribution >= 4 is 35.2 Å². The average molecular weight is 561 g/mol. The molecule has 0 saturated heterocycles. The summed E-state index contributed by atoms with van der Waals surface area (Å²) in [6.07, 6.45) is 4.99. The van der Waals surface area contributed by atoms with Crippen LogP contribution in [0.2, 0.25) is 0 Å². The fourth-order valence-corrected chi connectivity index (χ4v) is 6.56. The molecule has 0 aromatic rings. The zero-order valence-electron chi connectivity index (χ0n) is 25.1. The van der Waals surface area contributed by atoms with Crippen LogP contribution in [0.15, 0.2) is 10.2 Å². The number of hydrazone groups is 2. The molecule has 0 spiro atoms. The van der Waals surface area contributed by atoms with Crippen molar-refractivity contribution in [3.05, 3.63) is 0 Å². The molecule has 6 rings (SSSR count). The zero-order valence-corrected chi connectivity index (χ0v) is 25.1. The number of nitrogens with one attached hydrogen (secondary N) is 2. The van der Waals surface area contributed by atoms with E-state index in [1.165, 1.54) is 0 Å². The number of carbonyl (C=O) groups excluding carboxylic acids is 4. The number of esters is 2. The quantitative estimate of drug-likeness (QED) is 0.418. The SMILES string of the molecule is C/C1=N/NC(=O)CCCC(=O)N/N=C(/C)[C@@H]2C[C@H](CCOC(=O)CCCC(=O)OCC[C@@H]3C[C@H]1C3(C)C)C2(C)C. The summed E-state index contributed by atoms with van der Waals surface area (Å²) in [6, 6.07) is 0. The van der Waals surface area contributed by atoms with Gasteiger partial charge < -0.3 is 9.47 Å². The Morgan fingerprint density at radius 2 is 1.02 bits per heavy atom. The molecule has 0 aromatic heterocycles. The van der Waals surface area contributed by atoms with Gasteiger partial charge in [-0.15, -0.1) is 0 Å². The first-order valence-electron chi connectivity index (χ1n) is 14.8. The number of ether oxygens (including phenoxy) is 2. The van der Waals surface area contributed by atoms with Gasteiger partial charge in [0.05, 0.1) is 13.2 Å². The van der Waals surface area contributed by atoms with E-state index in [-0.39, 0.29) is 72.1 Å². The van der Waals surface area contributed by atoms with Crippen LogP contribution in [-0.4, -0.2) is 48.4 Å². The number of amides is 2. The second-order valence-corrected chi connectivity index (χ2v) is 12.9. The van der Waals surface area contributed by atoms with E-state index in [0.717, 1.165) is 37.1 Å². The monoisotopic (exact) mass is 560 g/mol. The summed E-state index contributed by atoms with van der Waals surface area (Å²) in [5.41, 5.74) is 6.96. The molecule has 10 nitrogen and oxygen atoms in total. The minimum absolute atomic E-state index is 0.0242. The van der Waals surface area contributed by atoms with Gasteiger partial charge in [-0.1, -0.05) is 27.7 Å². The number of nitrogens with zero attached hydrogens (tertiary/aromatic N) is 2. The highest BCUT2D eigenvalue weighted by Crippen LogP contribution is 2.54. The lowest BCUT2D eigenvalue weighted by Gasteiger charge is -2.52. The maximum absolute atomic E-state index is 12.3. The molecule has 0 radical (unpaired) electrons. The van der Waals surface area contributed by atoms with Crippen molar-refractivity contribution in [2.75, 3.05) is 13.2 Å². The van der Waals surface area contributed by atoms with Gasteiger partial charge in [-0.05, 0) is 75.0 Å². The fraction of sp³-hybridized carbons (Fsp3) is 0.800. The van der Waals surface area contributed by atoms with Crippen LogP contribution in [0.3, 0.4) is 0 Å². The minimum atomic E-state index is -0.287. The van der Waals surface area contributed by atoms with E-state index in [4.69, 9.17) is 9.47 Å². The lowest BCUT2D eigenvalue weighted by Crippen LogP contribution is -2.49. The van der Waals surface area contributed by atoms with Gasteiger partial charge in [0.25, 0.3) is 0 Å². The zero-order chi connectivity index (χ0) is 29.5. The van der Waals surface area contributed by atoms with Crippen LogP contribution in [0.25, 0.3) is 0 Å². The molecule has 224 valence electrons. The van der Waals surface area contributed by atoms with Gasteiger partial charge in [0.1, 0.15) is 0 Å². The fourth-order valence-electron chi connectivity index (χ4n) is 6.56. The molecule has 10 heteroatoms. The van der Waals surface area contributed by atoms with Crippen LogP contribution in [-0.2, 0) is 28.7 Å². The molecule has 2 fully saturated rings. The van der Waals surface area contributed by atoms with Crippen molar-refractivity contribution in [3.8, 4) is 0 Å². The Bertz CT molecular complexity index is 940. The van der Waals surface area contributed by atoms with Gasteiger partial charge in [-0.3, -0.25) is 19.2 Å². The molecular formula is C30H48N4O6. The third-order valence-electron chi connectivity index (χ3n) is 9.69. The van der Waals surface area contributed by atoms with E-state index in [9.17, 15) is 19.2 Å². The van der Waals surface area contributed by atoms with Crippen molar-refractivity contribution in [3.63, 3.8) is 0 Å². The Kier molecular flexibility index (Phi) is 10.9. The molecule has 4 atom stereocenters. The van der Waals surface area contributed by atoms with Gasteiger partial charge in [-0.25, -0.2) is 10.9 Å². The van der Waals surface area contributed by atoms with Crippen molar-refractivity contribution in [1.82, 2.24) is 10.9 Å². The number of hydrogen-bond acceptors (Lipinski definition) is 8. The van der Waals surface area contributed by atoms with Crippen LogP contribution in [0, 0.1) is 34.5 Å². The molecule has 2 aliphatic carbocycles. The molecule has 2 amide bonds. The Balaban J connectivity index is 1.57. The number of rotatable bonds is 0. The van der Waals surface area contributed by atoms with Crippen LogP contribution in [0.1, 0.15) is 106 Å². The predicted octanol–water partition coefficient (Wildman–Crippen LogP) is 4.52. The Hall–Kier alpha value is -2.78. The lowest BCUT2D eigenvalue weighted by molar-refractivity contribution is -0.147. The summed E-state index contributed by atoms with van der Waals surface area (Å²) >= 11 is 0. The van der Waals surface area contributed by atoms with E-state index in [2.05, 4.69) is 48.7 Å². The molecule has 0 unspecified atom stereocenters. The third kappa shape index (κ3) is 8.13. The molecule has 4 bridgehead atoms. The Morgan fingerprint density at radius 1 is 0.650 bits per heavy atom. The minimum Gasteiger partial charge on any atom is -0.466 e. The van der Waals surface area contributed by atoms with Crippen LogP contribution >= 0.6 is 0 Å². The van der Waals surface area contributed by atoms with Crippen molar-refractivity contribution in [2.24, 2.45) is 44.7 Å². The van der Waals surface area contributed by atoms with Crippen LogP contribution < -0.4 is 10.9 Å². The van der Waals surface area contributed by atoms with Gasteiger partial charge >= 0.3 is 11.9 Å². The predicted molar refractivity (Wildman–Crippen MR) is 152 cm³/mol. The molecular weight excluding hydrogens is 512 g/mol. The molecule has 2 saturated carbocycles. The molecule has 4 aliphatic heterocycles. The first-order chi connectivity index (χ1) is 18.8. The molecule has 2 N–H and O–H groups in total. The molecule has 0 aromatic carbocycles. The summed E-state index contributed by atoms with van der Waals surface area (Å²) in [7, 11) is 0. The first kappa shape index (κ1) is 31.7. The van der Waals surface area contributed by atoms with Crippen molar-refractivity contribution < 1.29 is 28.7 Å². The molecule has 40 heavy (non-hydrogen) atoms. The van der Waals surface area contributed by atoms with Gasteiger partial charge in [-0.2, -0.15) is 10.2 Å². The van der Waals surface area contributed by atoms with Gasteiger partial charge in [0.2, 0.25) is 11.8 Å². The topological polar surface area (TPSA) is 136 Å². The summed E-state index contributed by atoms with van der Waals surface area (Å²) in [5, 5.41) is 8.66. The summed E-state index contributed by atoms with van der Waals surface area (Å²) in [4.78, 5) is 48.9.